The molecule has 0 radical (unpaired) electrons. The van der Waals surface area contributed by atoms with E-state index in [0.29, 0.717) is 6.04 Å². The molecule has 1 aromatic heterocycles. The van der Waals surface area contributed by atoms with Gasteiger partial charge in [0.05, 0.1) is 0 Å². The predicted molar refractivity (Wildman–Crippen MR) is 81.9 cm³/mol. The van der Waals surface area contributed by atoms with Gasteiger partial charge in [0.25, 0.3) is 0 Å². The van der Waals surface area contributed by atoms with Crippen LogP contribution in [-0.2, 0) is 13.1 Å². The average molecular weight is 270 g/mol. The van der Waals surface area contributed by atoms with Gasteiger partial charge in [0.2, 0.25) is 0 Å². The normalized spacial score (nSPS) is 18.7. The lowest BCUT2D eigenvalue weighted by atomic mass is 10.1. The third-order valence-electron chi connectivity index (χ3n) is 4.00. The number of benzene rings is 1. The molecule has 3 rings (SSSR count). The SMILES string of the molecule is Cc1nccn1CCN1CC(C)NCc2ccccc21. The molecule has 1 aromatic carbocycles. The summed E-state index contributed by atoms with van der Waals surface area (Å²) in [4.78, 5) is 6.78. The van der Waals surface area contributed by atoms with Crippen LogP contribution in [0, 0.1) is 6.92 Å². The van der Waals surface area contributed by atoms with Crippen LogP contribution in [0.3, 0.4) is 0 Å². The summed E-state index contributed by atoms with van der Waals surface area (Å²) in [6.45, 7) is 8.30. The van der Waals surface area contributed by atoms with E-state index in [4.69, 9.17) is 0 Å². The summed E-state index contributed by atoms with van der Waals surface area (Å²) in [5.41, 5.74) is 2.75. The quantitative estimate of drug-likeness (QED) is 0.928. The van der Waals surface area contributed by atoms with Gasteiger partial charge in [0.15, 0.2) is 0 Å². The highest BCUT2D eigenvalue weighted by atomic mass is 15.2. The number of hydrogen-bond acceptors (Lipinski definition) is 3. The van der Waals surface area contributed by atoms with Crippen molar-refractivity contribution in [3.8, 4) is 0 Å². The Bertz CT molecular complexity index is 575. The van der Waals surface area contributed by atoms with E-state index in [1.807, 2.05) is 6.20 Å². The summed E-state index contributed by atoms with van der Waals surface area (Å²) in [6.07, 6.45) is 3.93. The average Bonchev–Trinajstić information content (AvgIpc) is 2.79. The number of aromatic nitrogens is 2. The summed E-state index contributed by atoms with van der Waals surface area (Å²) in [5.74, 6) is 1.08. The van der Waals surface area contributed by atoms with Crippen LogP contribution in [0.25, 0.3) is 0 Å². The zero-order valence-electron chi connectivity index (χ0n) is 12.2. The van der Waals surface area contributed by atoms with Crippen LogP contribution < -0.4 is 10.2 Å². The maximum Gasteiger partial charge on any atom is 0.105 e. The van der Waals surface area contributed by atoms with Crippen molar-refractivity contribution in [3.63, 3.8) is 0 Å². The smallest absolute Gasteiger partial charge is 0.105 e. The minimum atomic E-state index is 0.506. The first-order valence-electron chi connectivity index (χ1n) is 7.28. The van der Waals surface area contributed by atoms with E-state index in [1.165, 1.54) is 11.3 Å². The van der Waals surface area contributed by atoms with Crippen molar-refractivity contribution in [2.75, 3.05) is 18.0 Å². The Hall–Kier alpha value is -1.81. The second kappa shape index (κ2) is 5.67. The van der Waals surface area contributed by atoms with Crippen LogP contribution in [0.2, 0.25) is 0 Å². The fourth-order valence-corrected chi connectivity index (χ4v) is 2.83. The van der Waals surface area contributed by atoms with E-state index in [1.54, 1.807) is 0 Å². The molecule has 1 N–H and O–H groups in total. The molecule has 20 heavy (non-hydrogen) atoms. The van der Waals surface area contributed by atoms with Crippen LogP contribution in [0.1, 0.15) is 18.3 Å². The van der Waals surface area contributed by atoms with Gasteiger partial charge in [-0.3, -0.25) is 0 Å². The molecule has 0 spiro atoms. The predicted octanol–water partition coefficient (Wildman–Crippen LogP) is 2.19. The fourth-order valence-electron chi connectivity index (χ4n) is 2.83. The third-order valence-corrected chi connectivity index (χ3v) is 4.00. The molecule has 4 nitrogen and oxygen atoms in total. The second-order valence-electron chi connectivity index (χ2n) is 5.52. The first-order valence-corrected chi connectivity index (χ1v) is 7.28. The number of fused-ring (bicyclic) bond motifs is 1. The van der Waals surface area contributed by atoms with Gasteiger partial charge >= 0.3 is 0 Å². The lowest BCUT2D eigenvalue weighted by Crippen LogP contribution is -2.37. The van der Waals surface area contributed by atoms with E-state index >= 15 is 0 Å². The topological polar surface area (TPSA) is 33.1 Å². The Labute approximate surface area is 120 Å². The van der Waals surface area contributed by atoms with Crippen LogP contribution in [0.5, 0.6) is 0 Å². The summed E-state index contributed by atoms with van der Waals surface area (Å²) in [5, 5.41) is 3.57. The molecule has 1 aliphatic rings. The maximum absolute atomic E-state index is 4.29. The van der Waals surface area contributed by atoms with E-state index in [2.05, 4.69) is 64.1 Å². The Kier molecular flexibility index (Phi) is 3.74. The number of nitrogens with zero attached hydrogens (tertiary/aromatic N) is 3. The Morgan fingerprint density at radius 1 is 1.30 bits per heavy atom. The van der Waals surface area contributed by atoms with Gasteiger partial charge in [-0.15, -0.1) is 0 Å². The summed E-state index contributed by atoms with van der Waals surface area (Å²) in [6, 6.07) is 9.20. The number of para-hydroxylation sites is 1. The molecule has 1 unspecified atom stereocenters. The molecule has 0 saturated heterocycles. The van der Waals surface area contributed by atoms with E-state index in [0.717, 1.165) is 32.0 Å². The Morgan fingerprint density at radius 2 is 2.15 bits per heavy atom. The molecule has 0 amide bonds. The highest BCUT2D eigenvalue weighted by Crippen LogP contribution is 2.23. The Balaban J connectivity index is 1.78. The fraction of sp³-hybridized carbons (Fsp3) is 0.438. The van der Waals surface area contributed by atoms with E-state index < -0.39 is 0 Å². The van der Waals surface area contributed by atoms with Gasteiger partial charge in [-0.05, 0) is 25.5 Å². The standard InChI is InChI=1S/C16H22N4/c1-13-12-20(10-9-19-8-7-17-14(19)2)16-6-4-3-5-15(16)11-18-13/h3-8,13,18H,9-12H2,1-2H3. The van der Waals surface area contributed by atoms with Crippen LogP contribution >= 0.6 is 0 Å². The summed E-state index contributed by atoms with van der Waals surface area (Å²) in [7, 11) is 0. The van der Waals surface area contributed by atoms with Crippen LogP contribution in [0.4, 0.5) is 5.69 Å². The van der Waals surface area contributed by atoms with Gasteiger partial charge in [-0.25, -0.2) is 4.98 Å². The van der Waals surface area contributed by atoms with Crippen molar-refractivity contribution in [3.05, 3.63) is 48.0 Å². The van der Waals surface area contributed by atoms with Gasteiger partial charge < -0.3 is 14.8 Å². The van der Waals surface area contributed by atoms with Gasteiger partial charge in [-0.1, -0.05) is 18.2 Å². The van der Waals surface area contributed by atoms with Crippen molar-refractivity contribution in [1.82, 2.24) is 14.9 Å². The van der Waals surface area contributed by atoms with Crippen molar-refractivity contribution in [2.24, 2.45) is 0 Å². The first kappa shape index (κ1) is 13.2. The number of hydrogen-bond donors (Lipinski definition) is 1. The molecule has 0 saturated carbocycles. The molecule has 4 heteroatoms. The lowest BCUT2D eigenvalue weighted by molar-refractivity contribution is 0.541. The molecule has 1 atom stereocenters. The molecule has 2 heterocycles. The molecule has 106 valence electrons. The van der Waals surface area contributed by atoms with Crippen molar-refractivity contribution >= 4 is 5.69 Å². The largest absolute Gasteiger partial charge is 0.368 e. The lowest BCUT2D eigenvalue weighted by Gasteiger charge is -2.26. The summed E-state index contributed by atoms with van der Waals surface area (Å²) < 4.78 is 2.21. The zero-order valence-corrected chi connectivity index (χ0v) is 12.2. The van der Waals surface area contributed by atoms with Gasteiger partial charge in [0, 0.05) is 50.3 Å². The molecule has 0 aliphatic carbocycles. The van der Waals surface area contributed by atoms with Crippen molar-refractivity contribution in [2.45, 2.75) is 33.0 Å². The highest BCUT2D eigenvalue weighted by Gasteiger charge is 2.18. The van der Waals surface area contributed by atoms with Gasteiger partial charge in [0.1, 0.15) is 5.82 Å². The monoisotopic (exact) mass is 270 g/mol. The maximum atomic E-state index is 4.29. The molecular weight excluding hydrogens is 248 g/mol. The van der Waals surface area contributed by atoms with E-state index in [9.17, 15) is 0 Å². The number of rotatable bonds is 3. The first-order chi connectivity index (χ1) is 9.74. The van der Waals surface area contributed by atoms with Crippen LogP contribution in [0.15, 0.2) is 36.7 Å². The summed E-state index contributed by atoms with van der Waals surface area (Å²) >= 11 is 0. The minimum Gasteiger partial charge on any atom is -0.368 e. The molecule has 0 bridgehead atoms. The minimum absolute atomic E-state index is 0.506. The van der Waals surface area contributed by atoms with E-state index in [-0.39, 0.29) is 0 Å². The Morgan fingerprint density at radius 3 is 2.95 bits per heavy atom. The number of nitrogens with one attached hydrogen (secondary N) is 1. The number of aryl methyl sites for hydroxylation is 1. The third kappa shape index (κ3) is 2.70. The second-order valence-corrected chi connectivity index (χ2v) is 5.52. The molecular formula is C16H22N4. The number of anilines is 1. The van der Waals surface area contributed by atoms with Crippen LogP contribution in [-0.4, -0.2) is 28.7 Å². The zero-order chi connectivity index (χ0) is 13.9. The molecule has 0 fully saturated rings. The van der Waals surface area contributed by atoms with Gasteiger partial charge in [-0.2, -0.15) is 0 Å². The number of imidazole rings is 1. The van der Waals surface area contributed by atoms with Crippen molar-refractivity contribution in [1.29, 1.82) is 0 Å². The highest BCUT2D eigenvalue weighted by molar-refractivity contribution is 5.54. The molecule has 2 aromatic rings. The molecule has 1 aliphatic heterocycles. The van der Waals surface area contributed by atoms with Crippen molar-refractivity contribution < 1.29 is 0 Å².